The maximum absolute atomic E-state index is 15.0. The van der Waals surface area contributed by atoms with Gasteiger partial charge in [-0.15, -0.1) is 0 Å². The molecule has 3 aliphatic rings. The second-order valence-corrected chi connectivity index (χ2v) is 9.25. The first-order valence-electron chi connectivity index (χ1n) is 11.5. The van der Waals surface area contributed by atoms with Crippen molar-refractivity contribution in [1.29, 1.82) is 0 Å². The van der Waals surface area contributed by atoms with E-state index < -0.39 is 17.5 Å². The van der Waals surface area contributed by atoms with Gasteiger partial charge in [0.2, 0.25) is 5.91 Å². The third-order valence-electron chi connectivity index (χ3n) is 7.09. The van der Waals surface area contributed by atoms with Crippen molar-refractivity contribution in [2.45, 2.75) is 43.8 Å². The number of rotatable bonds is 4. The quantitative estimate of drug-likeness (QED) is 0.759. The first kappa shape index (κ1) is 21.3. The highest BCUT2D eigenvalue weighted by molar-refractivity contribution is 6.06. The minimum absolute atomic E-state index is 0.152. The van der Waals surface area contributed by atoms with Crippen molar-refractivity contribution in [3.05, 3.63) is 30.2 Å². The van der Waals surface area contributed by atoms with E-state index in [1.54, 1.807) is 6.07 Å². The van der Waals surface area contributed by atoms with E-state index in [0.717, 1.165) is 49.9 Å². The normalized spacial score (nSPS) is 23.0. The minimum atomic E-state index is -1.09. The predicted octanol–water partition coefficient (Wildman–Crippen LogP) is 2.96. The molecule has 2 N–H and O–H groups in total. The summed E-state index contributed by atoms with van der Waals surface area (Å²) in [4.78, 5) is 27.0. The zero-order valence-electron chi connectivity index (χ0n) is 18.1. The maximum Gasteiger partial charge on any atom is 0.328 e. The molecule has 1 aromatic heterocycles. The van der Waals surface area contributed by atoms with Crippen LogP contribution in [0.4, 0.5) is 19.3 Å². The average molecular weight is 446 g/mol. The van der Waals surface area contributed by atoms with E-state index in [0.29, 0.717) is 19.4 Å². The number of imide groups is 1. The molecule has 7 nitrogen and oxygen atoms in total. The lowest BCUT2D eigenvalue weighted by Crippen LogP contribution is -2.49. The Labute approximate surface area is 185 Å². The molecule has 0 spiro atoms. The molecule has 0 unspecified atom stereocenters. The van der Waals surface area contributed by atoms with Crippen molar-refractivity contribution in [2.24, 2.45) is 0 Å². The second-order valence-electron chi connectivity index (χ2n) is 9.25. The number of anilines is 1. The van der Waals surface area contributed by atoms with E-state index in [1.165, 1.54) is 11.0 Å². The lowest BCUT2D eigenvalue weighted by Gasteiger charge is -2.39. The number of nitrogens with one attached hydrogen (secondary N) is 2. The van der Waals surface area contributed by atoms with Gasteiger partial charge in [-0.1, -0.05) is 0 Å². The summed E-state index contributed by atoms with van der Waals surface area (Å²) in [6, 6.07) is 4.73. The summed E-state index contributed by atoms with van der Waals surface area (Å²) in [5.74, 6) is -0.825. The number of carbonyl (C=O) groups is 2. The largest absolute Gasteiger partial charge is 0.344 e. The van der Waals surface area contributed by atoms with Gasteiger partial charge in [0, 0.05) is 56.3 Å². The van der Waals surface area contributed by atoms with Gasteiger partial charge in [0.1, 0.15) is 11.5 Å². The molecule has 0 aliphatic carbocycles. The summed E-state index contributed by atoms with van der Waals surface area (Å²) >= 11 is 0. The molecule has 0 radical (unpaired) electrons. The molecule has 3 fully saturated rings. The molecule has 2 aromatic rings. The van der Waals surface area contributed by atoms with Gasteiger partial charge in [-0.3, -0.25) is 15.0 Å². The molecule has 9 heteroatoms. The fourth-order valence-electron chi connectivity index (χ4n) is 5.27. The summed E-state index contributed by atoms with van der Waals surface area (Å²) in [5, 5.41) is 6.31. The first-order valence-corrected chi connectivity index (χ1v) is 11.5. The van der Waals surface area contributed by atoms with Gasteiger partial charge in [0.25, 0.3) is 0 Å². The number of benzene rings is 1. The fourth-order valence-corrected chi connectivity index (χ4v) is 5.27. The predicted molar refractivity (Wildman–Crippen MR) is 118 cm³/mol. The van der Waals surface area contributed by atoms with Crippen molar-refractivity contribution >= 4 is 28.5 Å². The van der Waals surface area contributed by atoms with Crippen LogP contribution in [0.2, 0.25) is 0 Å². The van der Waals surface area contributed by atoms with E-state index in [4.69, 9.17) is 0 Å². The zero-order chi connectivity index (χ0) is 22.3. The van der Waals surface area contributed by atoms with Crippen LogP contribution in [0.5, 0.6) is 0 Å². The third-order valence-corrected chi connectivity index (χ3v) is 7.09. The van der Waals surface area contributed by atoms with E-state index in [-0.39, 0.29) is 30.6 Å². The number of amides is 3. The Balaban J connectivity index is 1.29. The Bertz CT molecular complexity index is 1020. The number of hydrogen-bond donors (Lipinski definition) is 2. The Morgan fingerprint density at radius 2 is 1.84 bits per heavy atom. The van der Waals surface area contributed by atoms with Crippen LogP contribution >= 0.6 is 0 Å². The molecule has 3 aliphatic heterocycles. The summed E-state index contributed by atoms with van der Waals surface area (Å²) in [7, 11) is 0. The number of fused-ring (bicyclic) bond motifs is 1. The van der Waals surface area contributed by atoms with Gasteiger partial charge >= 0.3 is 6.03 Å². The number of carbonyl (C=O) groups excluding carboxylic acids is 2. The summed E-state index contributed by atoms with van der Waals surface area (Å²) < 4.78 is 32.1. The van der Waals surface area contributed by atoms with Crippen LogP contribution in [0.15, 0.2) is 24.4 Å². The molecular weight excluding hydrogens is 416 g/mol. The number of hydrogen-bond acceptors (Lipinski definition) is 4. The number of alkyl halides is 1. The van der Waals surface area contributed by atoms with Crippen molar-refractivity contribution in [3.8, 4) is 0 Å². The number of piperidine rings is 2. The Kier molecular flexibility index (Phi) is 5.63. The molecule has 0 atom stereocenters. The molecule has 1 aromatic carbocycles. The standard InChI is InChI=1S/C23H29F2N5O2/c24-18-14-19-16(13-20(18)30-12-4-21(31)27-22(30)32)1-11-29(19)17-2-9-28(10-3-17)15-23(25)5-7-26-8-6-23/h1,11,13-14,17,26H,2-10,12,15H2,(H,27,31,32). The Morgan fingerprint density at radius 1 is 1.09 bits per heavy atom. The monoisotopic (exact) mass is 445 g/mol. The van der Waals surface area contributed by atoms with Crippen LogP contribution in [-0.4, -0.2) is 66.3 Å². The van der Waals surface area contributed by atoms with E-state index in [1.807, 2.05) is 12.3 Å². The van der Waals surface area contributed by atoms with Gasteiger partial charge in [0.15, 0.2) is 0 Å². The molecule has 0 bridgehead atoms. The summed E-state index contributed by atoms with van der Waals surface area (Å²) in [6.07, 6.45) is 5.03. The zero-order valence-corrected chi connectivity index (χ0v) is 18.1. The van der Waals surface area contributed by atoms with Crippen LogP contribution in [0.1, 0.15) is 38.1 Å². The Hall–Kier alpha value is -2.52. The molecule has 5 rings (SSSR count). The number of aromatic nitrogens is 1. The first-order chi connectivity index (χ1) is 15.4. The van der Waals surface area contributed by atoms with Crippen molar-refractivity contribution in [3.63, 3.8) is 0 Å². The highest BCUT2D eigenvalue weighted by atomic mass is 19.1. The molecule has 4 heterocycles. The van der Waals surface area contributed by atoms with E-state index in [9.17, 15) is 14.0 Å². The average Bonchev–Trinajstić information content (AvgIpc) is 3.17. The molecule has 172 valence electrons. The van der Waals surface area contributed by atoms with Crippen molar-refractivity contribution in [1.82, 2.24) is 20.1 Å². The second kappa shape index (κ2) is 8.44. The van der Waals surface area contributed by atoms with Gasteiger partial charge in [-0.25, -0.2) is 13.6 Å². The molecule has 3 saturated heterocycles. The lowest BCUT2D eigenvalue weighted by molar-refractivity contribution is -0.120. The van der Waals surface area contributed by atoms with Crippen LogP contribution in [0.25, 0.3) is 10.9 Å². The topological polar surface area (TPSA) is 69.6 Å². The summed E-state index contributed by atoms with van der Waals surface area (Å²) in [5.41, 5.74) is -0.118. The fraction of sp³-hybridized carbons (Fsp3) is 0.565. The van der Waals surface area contributed by atoms with E-state index in [2.05, 4.69) is 20.1 Å². The number of likely N-dealkylation sites (tertiary alicyclic amines) is 1. The maximum atomic E-state index is 15.0. The smallest absolute Gasteiger partial charge is 0.328 e. The van der Waals surface area contributed by atoms with E-state index >= 15 is 4.39 Å². The van der Waals surface area contributed by atoms with Crippen LogP contribution in [-0.2, 0) is 4.79 Å². The SMILES string of the molecule is O=C1CCN(c2cc3ccn(C4CCN(CC5(F)CCNCC5)CC4)c3cc2F)C(=O)N1. The number of halogens is 2. The minimum Gasteiger partial charge on any atom is -0.344 e. The molecule has 32 heavy (non-hydrogen) atoms. The molecule has 0 saturated carbocycles. The lowest BCUT2D eigenvalue weighted by atomic mass is 9.92. The number of urea groups is 1. The van der Waals surface area contributed by atoms with Gasteiger partial charge in [0.05, 0.1) is 11.2 Å². The Morgan fingerprint density at radius 3 is 2.56 bits per heavy atom. The third kappa shape index (κ3) is 4.11. The highest BCUT2D eigenvalue weighted by Gasteiger charge is 2.35. The molecular formula is C23H29F2N5O2. The van der Waals surface area contributed by atoms with Crippen LogP contribution in [0, 0.1) is 5.82 Å². The summed E-state index contributed by atoms with van der Waals surface area (Å²) in [6.45, 7) is 3.79. The molecule has 3 amide bonds. The van der Waals surface area contributed by atoms with Crippen molar-refractivity contribution in [2.75, 3.05) is 44.2 Å². The van der Waals surface area contributed by atoms with Gasteiger partial charge < -0.3 is 14.8 Å². The van der Waals surface area contributed by atoms with Gasteiger partial charge in [-0.05, 0) is 50.9 Å². The number of nitrogens with zero attached hydrogens (tertiary/aromatic N) is 3. The van der Waals surface area contributed by atoms with Gasteiger partial charge in [-0.2, -0.15) is 0 Å². The van der Waals surface area contributed by atoms with Crippen LogP contribution < -0.4 is 15.5 Å². The van der Waals surface area contributed by atoms with Crippen LogP contribution in [0.3, 0.4) is 0 Å². The van der Waals surface area contributed by atoms with Crippen molar-refractivity contribution < 1.29 is 18.4 Å². The highest BCUT2D eigenvalue weighted by Crippen LogP contribution is 2.33.